The molecule has 0 heterocycles. The third-order valence-electron chi connectivity index (χ3n) is 1.94. The second-order valence-corrected chi connectivity index (χ2v) is 3.03. The Kier molecular flexibility index (Phi) is 3.93. The molecule has 0 saturated carbocycles. The summed E-state index contributed by atoms with van der Waals surface area (Å²) in [5.74, 6) is 0.724. The van der Waals surface area contributed by atoms with Crippen molar-refractivity contribution in [1.29, 1.82) is 0 Å². The minimum atomic E-state index is -0.495. The average Bonchev–Trinajstić information content (AvgIpc) is 2.26. The molecule has 0 aromatic heterocycles. The minimum Gasteiger partial charge on any atom is -0.492 e. The van der Waals surface area contributed by atoms with Gasteiger partial charge in [-0.15, -0.1) is 0 Å². The summed E-state index contributed by atoms with van der Waals surface area (Å²) >= 11 is 0. The van der Waals surface area contributed by atoms with Gasteiger partial charge >= 0.3 is 6.03 Å². The lowest BCUT2D eigenvalue weighted by atomic mass is 10.3. The van der Waals surface area contributed by atoms with E-state index in [0.717, 1.165) is 11.4 Å². The molecular weight excluding hydrogens is 194 g/mol. The second-order valence-electron chi connectivity index (χ2n) is 3.03. The number of anilines is 1. The van der Waals surface area contributed by atoms with Crippen LogP contribution in [0, 0.1) is 0 Å². The third-order valence-corrected chi connectivity index (χ3v) is 1.94. The Bertz CT molecular complexity index is 324. The quantitative estimate of drug-likeness (QED) is 0.759. The molecule has 0 aliphatic rings. The predicted molar refractivity (Wildman–Crippen MR) is 59.0 cm³/mol. The molecule has 2 amide bonds. The predicted octanol–water partition coefficient (Wildman–Crippen LogP) is 0.539. The van der Waals surface area contributed by atoms with E-state index in [0.29, 0.717) is 13.2 Å². The van der Waals surface area contributed by atoms with E-state index in [-0.39, 0.29) is 0 Å². The lowest BCUT2D eigenvalue weighted by molar-refractivity contribution is 0.255. The molecule has 15 heavy (non-hydrogen) atoms. The molecule has 0 bridgehead atoms. The number of carbonyl (C=O) groups excluding carboxylic acids is 1. The summed E-state index contributed by atoms with van der Waals surface area (Å²) in [6.07, 6.45) is 0. The fraction of sp³-hybridized carbons (Fsp3) is 0.300. The van der Waals surface area contributed by atoms with Crippen LogP contribution in [0.5, 0.6) is 5.75 Å². The van der Waals surface area contributed by atoms with Gasteiger partial charge in [0.2, 0.25) is 0 Å². The average molecular weight is 209 g/mol. The minimum absolute atomic E-state index is 0.475. The van der Waals surface area contributed by atoms with Gasteiger partial charge in [0.15, 0.2) is 0 Å². The Hall–Kier alpha value is -1.75. The number of hydrogen-bond donors (Lipinski definition) is 2. The number of urea groups is 1. The first-order chi connectivity index (χ1) is 7.15. The standard InChI is InChI=1S/C10H15N3O2/c1-13(10(12)14)8-2-4-9(5-3-8)15-7-6-11/h2-5H,6-7,11H2,1H3,(H2,12,14). The normalized spacial score (nSPS) is 9.73. The Morgan fingerprint density at radius 1 is 1.40 bits per heavy atom. The van der Waals surface area contributed by atoms with Gasteiger partial charge in [0.1, 0.15) is 12.4 Å². The number of nitrogens with two attached hydrogens (primary N) is 2. The van der Waals surface area contributed by atoms with Crippen molar-refractivity contribution in [1.82, 2.24) is 0 Å². The summed E-state index contributed by atoms with van der Waals surface area (Å²) < 4.78 is 5.29. The van der Waals surface area contributed by atoms with E-state index in [9.17, 15) is 4.79 Å². The summed E-state index contributed by atoms with van der Waals surface area (Å²) in [5, 5.41) is 0. The highest BCUT2D eigenvalue weighted by atomic mass is 16.5. The molecule has 0 fully saturated rings. The topological polar surface area (TPSA) is 81.6 Å². The monoisotopic (exact) mass is 209 g/mol. The molecule has 0 saturated heterocycles. The van der Waals surface area contributed by atoms with E-state index >= 15 is 0 Å². The van der Waals surface area contributed by atoms with E-state index in [2.05, 4.69) is 0 Å². The molecule has 1 aromatic rings. The van der Waals surface area contributed by atoms with Crippen LogP contribution >= 0.6 is 0 Å². The van der Waals surface area contributed by atoms with Crippen molar-refractivity contribution < 1.29 is 9.53 Å². The van der Waals surface area contributed by atoms with E-state index in [1.54, 1.807) is 31.3 Å². The Morgan fingerprint density at radius 2 is 2.00 bits per heavy atom. The van der Waals surface area contributed by atoms with Crippen LogP contribution in [0.25, 0.3) is 0 Å². The van der Waals surface area contributed by atoms with Crippen LogP contribution in [0.3, 0.4) is 0 Å². The highest BCUT2D eigenvalue weighted by molar-refractivity contribution is 5.89. The first-order valence-electron chi connectivity index (χ1n) is 4.61. The molecule has 5 heteroatoms. The molecular formula is C10H15N3O2. The number of ether oxygens (including phenoxy) is 1. The maximum atomic E-state index is 10.9. The highest BCUT2D eigenvalue weighted by Crippen LogP contribution is 2.17. The molecule has 0 atom stereocenters. The molecule has 0 unspecified atom stereocenters. The zero-order valence-corrected chi connectivity index (χ0v) is 8.64. The molecule has 4 N–H and O–H groups in total. The fourth-order valence-corrected chi connectivity index (χ4v) is 1.07. The Balaban J connectivity index is 2.67. The van der Waals surface area contributed by atoms with Gasteiger partial charge in [0, 0.05) is 19.3 Å². The molecule has 0 aliphatic carbocycles. The summed E-state index contributed by atoms with van der Waals surface area (Å²) in [6, 6.07) is 6.56. The van der Waals surface area contributed by atoms with Crippen molar-refractivity contribution in [2.24, 2.45) is 11.5 Å². The van der Waals surface area contributed by atoms with Crippen molar-refractivity contribution in [2.75, 3.05) is 25.1 Å². The van der Waals surface area contributed by atoms with Gasteiger partial charge in [-0.2, -0.15) is 0 Å². The SMILES string of the molecule is CN(C(N)=O)c1ccc(OCCN)cc1. The van der Waals surface area contributed by atoms with Crippen LogP contribution in [0.2, 0.25) is 0 Å². The number of carbonyl (C=O) groups is 1. The molecule has 1 aromatic carbocycles. The van der Waals surface area contributed by atoms with Crippen molar-refractivity contribution in [3.05, 3.63) is 24.3 Å². The van der Waals surface area contributed by atoms with E-state index < -0.39 is 6.03 Å². The fourth-order valence-electron chi connectivity index (χ4n) is 1.07. The van der Waals surface area contributed by atoms with Gasteiger partial charge in [-0.3, -0.25) is 4.90 Å². The largest absolute Gasteiger partial charge is 0.492 e. The highest BCUT2D eigenvalue weighted by Gasteiger charge is 2.05. The van der Waals surface area contributed by atoms with Crippen LogP contribution in [-0.2, 0) is 0 Å². The first kappa shape index (κ1) is 11.3. The molecule has 0 spiro atoms. The number of amides is 2. The van der Waals surface area contributed by atoms with Crippen LogP contribution in [0.4, 0.5) is 10.5 Å². The maximum absolute atomic E-state index is 10.9. The van der Waals surface area contributed by atoms with Crippen LogP contribution in [0.1, 0.15) is 0 Å². The lowest BCUT2D eigenvalue weighted by Crippen LogP contribution is -2.31. The molecule has 1 rings (SSSR count). The van der Waals surface area contributed by atoms with E-state index in [1.165, 1.54) is 4.90 Å². The van der Waals surface area contributed by atoms with E-state index in [4.69, 9.17) is 16.2 Å². The van der Waals surface area contributed by atoms with Crippen molar-refractivity contribution in [2.45, 2.75) is 0 Å². The van der Waals surface area contributed by atoms with Crippen molar-refractivity contribution in [3.63, 3.8) is 0 Å². The maximum Gasteiger partial charge on any atom is 0.318 e. The number of nitrogens with zero attached hydrogens (tertiary/aromatic N) is 1. The zero-order chi connectivity index (χ0) is 11.3. The van der Waals surface area contributed by atoms with E-state index in [1.807, 2.05) is 0 Å². The molecule has 0 radical (unpaired) electrons. The Labute approximate surface area is 88.6 Å². The van der Waals surface area contributed by atoms with Gasteiger partial charge in [0.05, 0.1) is 0 Å². The summed E-state index contributed by atoms with van der Waals surface area (Å²) in [5.41, 5.74) is 11.1. The molecule has 82 valence electrons. The van der Waals surface area contributed by atoms with Gasteiger partial charge in [-0.25, -0.2) is 4.79 Å². The first-order valence-corrected chi connectivity index (χ1v) is 4.61. The van der Waals surface area contributed by atoms with Gasteiger partial charge in [-0.1, -0.05) is 0 Å². The Morgan fingerprint density at radius 3 is 2.47 bits per heavy atom. The number of rotatable bonds is 4. The second kappa shape index (κ2) is 5.21. The number of hydrogen-bond acceptors (Lipinski definition) is 3. The molecule has 0 aliphatic heterocycles. The van der Waals surface area contributed by atoms with Gasteiger partial charge < -0.3 is 16.2 Å². The van der Waals surface area contributed by atoms with Crippen LogP contribution < -0.4 is 21.1 Å². The zero-order valence-electron chi connectivity index (χ0n) is 8.64. The van der Waals surface area contributed by atoms with Crippen LogP contribution in [0.15, 0.2) is 24.3 Å². The van der Waals surface area contributed by atoms with Crippen LogP contribution in [-0.4, -0.2) is 26.2 Å². The van der Waals surface area contributed by atoms with Gasteiger partial charge in [-0.05, 0) is 24.3 Å². The summed E-state index contributed by atoms with van der Waals surface area (Å²) in [7, 11) is 1.61. The number of primary amides is 1. The van der Waals surface area contributed by atoms with Gasteiger partial charge in [0.25, 0.3) is 0 Å². The van der Waals surface area contributed by atoms with Crippen molar-refractivity contribution in [3.8, 4) is 5.75 Å². The third kappa shape index (κ3) is 3.14. The number of benzene rings is 1. The lowest BCUT2D eigenvalue weighted by Gasteiger charge is -2.14. The summed E-state index contributed by atoms with van der Waals surface area (Å²) in [4.78, 5) is 12.2. The summed E-state index contributed by atoms with van der Waals surface area (Å²) in [6.45, 7) is 0.952. The van der Waals surface area contributed by atoms with Crippen molar-refractivity contribution >= 4 is 11.7 Å². The smallest absolute Gasteiger partial charge is 0.318 e. The molecule has 5 nitrogen and oxygen atoms in total.